The Balaban J connectivity index is 1.98. The molecule has 0 aliphatic heterocycles. The standard InChI is InChI=1S/C20H20N2O3S/c1-14-7-3-4-8-16(14)13-21-26(24,25)20-12-6-9-17-18(20)10-5-11-19(17)22-15(2)23/h3-12,21H,13H2,1-2H3,(H,22,23). The summed E-state index contributed by atoms with van der Waals surface area (Å²) in [5, 5.41) is 3.99. The van der Waals surface area contributed by atoms with Gasteiger partial charge >= 0.3 is 0 Å². The highest BCUT2D eigenvalue weighted by Crippen LogP contribution is 2.29. The van der Waals surface area contributed by atoms with E-state index in [-0.39, 0.29) is 17.3 Å². The normalized spacial score (nSPS) is 11.5. The first kappa shape index (κ1) is 18.1. The van der Waals surface area contributed by atoms with E-state index in [1.165, 1.54) is 6.92 Å². The van der Waals surface area contributed by atoms with E-state index < -0.39 is 10.0 Å². The average molecular weight is 368 g/mol. The Kier molecular flexibility index (Phi) is 5.06. The van der Waals surface area contributed by atoms with Gasteiger partial charge in [-0.3, -0.25) is 4.79 Å². The molecule has 0 radical (unpaired) electrons. The summed E-state index contributed by atoms with van der Waals surface area (Å²) in [6, 6.07) is 17.9. The fourth-order valence-electron chi connectivity index (χ4n) is 2.87. The monoisotopic (exact) mass is 368 g/mol. The maximum absolute atomic E-state index is 12.9. The first-order chi connectivity index (χ1) is 12.4. The molecule has 0 unspecified atom stereocenters. The minimum atomic E-state index is -3.71. The van der Waals surface area contributed by atoms with E-state index in [1.807, 2.05) is 31.2 Å². The van der Waals surface area contributed by atoms with Crippen LogP contribution in [-0.2, 0) is 21.4 Å². The summed E-state index contributed by atoms with van der Waals surface area (Å²) in [4.78, 5) is 11.6. The van der Waals surface area contributed by atoms with Crippen molar-refractivity contribution in [3.05, 3.63) is 71.8 Å². The molecule has 0 atom stereocenters. The Hall–Kier alpha value is -2.70. The number of hydrogen-bond acceptors (Lipinski definition) is 3. The number of fused-ring (bicyclic) bond motifs is 1. The number of benzene rings is 3. The topological polar surface area (TPSA) is 75.3 Å². The molecule has 0 fully saturated rings. The first-order valence-electron chi connectivity index (χ1n) is 8.22. The van der Waals surface area contributed by atoms with Gasteiger partial charge in [-0.2, -0.15) is 0 Å². The van der Waals surface area contributed by atoms with E-state index in [4.69, 9.17) is 0 Å². The van der Waals surface area contributed by atoms with Gasteiger partial charge in [-0.15, -0.1) is 0 Å². The second kappa shape index (κ2) is 7.27. The molecule has 0 saturated carbocycles. The third kappa shape index (κ3) is 3.76. The summed E-state index contributed by atoms with van der Waals surface area (Å²) >= 11 is 0. The van der Waals surface area contributed by atoms with Gasteiger partial charge in [0.1, 0.15) is 0 Å². The zero-order valence-electron chi connectivity index (χ0n) is 14.6. The Morgan fingerprint density at radius 1 is 0.923 bits per heavy atom. The quantitative estimate of drug-likeness (QED) is 0.723. The second-order valence-corrected chi connectivity index (χ2v) is 7.82. The van der Waals surface area contributed by atoms with Crippen LogP contribution < -0.4 is 10.0 Å². The summed E-state index contributed by atoms with van der Waals surface area (Å²) in [7, 11) is -3.71. The number of hydrogen-bond donors (Lipinski definition) is 2. The van der Waals surface area contributed by atoms with Gasteiger partial charge in [0.05, 0.1) is 4.90 Å². The van der Waals surface area contributed by atoms with Crippen molar-refractivity contribution in [1.82, 2.24) is 4.72 Å². The van der Waals surface area contributed by atoms with Crippen LogP contribution in [0.2, 0.25) is 0 Å². The number of nitrogens with one attached hydrogen (secondary N) is 2. The molecule has 0 spiro atoms. The molecule has 134 valence electrons. The second-order valence-electron chi connectivity index (χ2n) is 6.09. The van der Waals surface area contributed by atoms with Gasteiger partial charge in [0.25, 0.3) is 0 Å². The highest BCUT2D eigenvalue weighted by Gasteiger charge is 2.18. The lowest BCUT2D eigenvalue weighted by Crippen LogP contribution is -2.24. The number of carbonyl (C=O) groups is 1. The van der Waals surface area contributed by atoms with E-state index in [0.29, 0.717) is 16.5 Å². The van der Waals surface area contributed by atoms with Gasteiger partial charge in [-0.25, -0.2) is 13.1 Å². The van der Waals surface area contributed by atoms with Gasteiger partial charge in [0, 0.05) is 29.9 Å². The van der Waals surface area contributed by atoms with E-state index in [1.54, 1.807) is 36.4 Å². The van der Waals surface area contributed by atoms with Crippen LogP contribution in [0.25, 0.3) is 10.8 Å². The molecule has 5 nitrogen and oxygen atoms in total. The van der Waals surface area contributed by atoms with Crippen LogP contribution in [0.5, 0.6) is 0 Å². The summed E-state index contributed by atoms with van der Waals surface area (Å²) in [5.41, 5.74) is 2.54. The van der Waals surface area contributed by atoms with Crippen molar-refractivity contribution in [1.29, 1.82) is 0 Å². The molecule has 0 saturated heterocycles. The predicted octanol–water partition coefficient (Wildman–Crippen LogP) is 3.59. The van der Waals surface area contributed by atoms with Crippen molar-refractivity contribution in [3.63, 3.8) is 0 Å². The third-order valence-corrected chi connectivity index (χ3v) is 5.66. The molecule has 26 heavy (non-hydrogen) atoms. The molecule has 0 aliphatic carbocycles. The SMILES string of the molecule is CC(=O)Nc1cccc2c(S(=O)(=O)NCc3ccccc3C)cccc12. The molecule has 0 aromatic heterocycles. The molecule has 0 bridgehead atoms. The van der Waals surface area contributed by atoms with Crippen LogP contribution in [0.1, 0.15) is 18.1 Å². The molecule has 3 aromatic rings. The molecule has 0 aliphatic rings. The Morgan fingerprint density at radius 2 is 1.62 bits per heavy atom. The number of amides is 1. The Bertz CT molecular complexity index is 1080. The largest absolute Gasteiger partial charge is 0.326 e. The Labute approximate surface area is 153 Å². The molecule has 3 rings (SSSR count). The van der Waals surface area contributed by atoms with Crippen molar-refractivity contribution >= 4 is 32.4 Å². The summed E-state index contributed by atoms with van der Waals surface area (Å²) < 4.78 is 28.4. The molecule has 1 amide bonds. The molecular weight excluding hydrogens is 348 g/mol. The van der Waals surface area contributed by atoms with Crippen molar-refractivity contribution in [2.24, 2.45) is 0 Å². The zero-order valence-corrected chi connectivity index (χ0v) is 15.4. The first-order valence-corrected chi connectivity index (χ1v) is 9.70. The third-order valence-electron chi connectivity index (χ3n) is 4.20. The number of sulfonamides is 1. The van der Waals surface area contributed by atoms with Crippen molar-refractivity contribution in [2.75, 3.05) is 5.32 Å². The minimum Gasteiger partial charge on any atom is -0.326 e. The Morgan fingerprint density at radius 3 is 2.35 bits per heavy atom. The minimum absolute atomic E-state index is 0.191. The van der Waals surface area contributed by atoms with E-state index >= 15 is 0 Å². The van der Waals surface area contributed by atoms with Crippen LogP contribution >= 0.6 is 0 Å². The predicted molar refractivity (Wildman–Crippen MR) is 103 cm³/mol. The van der Waals surface area contributed by atoms with Gasteiger partial charge in [0.15, 0.2) is 0 Å². The van der Waals surface area contributed by atoms with Gasteiger partial charge in [-0.1, -0.05) is 48.5 Å². The highest BCUT2D eigenvalue weighted by atomic mass is 32.2. The van der Waals surface area contributed by atoms with Crippen LogP contribution in [0, 0.1) is 6.92 Å². The molecule has 0 heterocycles. The van der Waals surface area contributed by atoms with Gasteiger partial charge < -0.3 is 5.32 Å². The number of aryl methyl sites for hydroxylation is 1. The number of anilines is 1. The smallest absolute Gasteiger partial charge is 0.241 e. The lowest BCUT2D eigenvalue weighted by molar-refractivity contribution is -0.114. The maximum atomic E-state index is 12.9. The molecule has 3 aromatic carbocycles. The molecule has 6 heteroatoms. The van der Waals surface area contributed by atoms with E-state index in [2.05, 4.69) is 10.0 Å². The summed E-state index contributed by atoms with van der Waals surface area (Å²) in [6.45, 7) is 3.58. The maximum Gasteiger partial charge on any atom is 0.241 e. The van der Waals surface area contributed by atoms with E-state index in [9.17, 15) is 13.2 Å². The number of carbonyl (C=O) groups excluding carboxylic acids is 1. The summed E-state index contributed by atoms with van der Waals surface area (Å²) in [6.07, 6.45) is 0. The lowest BCUT2D eigenvalue weighted by atomic mass is 10.1. The fourth-order valence-corrected chi connectivity index (χ4v) is 4.10. The summed E-state index contributed by atoms with van der Waals surface area (Å²) in [5.74, 6) is -0.205. The average Bonchev–Trinajstić information content (AvgIpc) is 2.60. The fraction of sp³-hybridized carbons (Fsp3) is 0.150. The van der Waals surface area contributed by atoms with Crippen LogP contribution in [0.4, 0.5) is 5.69 Å². The molecular formula is C20H20N2O3S. The van der Waals surface area contributed by atoms with Crippen molar-refractivity contribution < 1.29 is 13.2 Å². The van der Waals surface area contributed by atoms with Crippen molar-refractivity contribution in [3.8, 4) is 0 Å². The number of rotatable bonds is 5. The van der Waals surface area contributed by atoms with Crippen LogP contribution in [-0.4, -0.2) is 14.3 Å². The van der Waals surface area contributed by atoms with Gasteiger partial charge in [0.2, 0.25) is 15.9 Å². The van der Waals surface area contributed by atoms with Crippen LogP contribution in [0.15, 0.2) is 65.6 Å². The van der Waals surface area contributed by atoms with Crippen molar-refractivity contribution in [2.45, 2.75) is 25.3 Å². The molecule has 2 N–H and O–H groups in total. The van der Waals surface area contributed by atoms with Gasteiger partial charge in [-0.05, 0) is 30.2 Å². The highest BCUT2D eigenvalue weighted by molar-refractivity contribution is 7.89. The zero-order chi connectivity index (χ0) is 18.7. The lowest BCUT2D eigenvalue weighted by Gasteiger charge is -2.13. The van der Waals surface area contributed by atoms with E-state index in [0.717, 1.165) is 11.1 Å². The van der Waals surface area contributed by atoms with Crippen LogP contribution in [0.3, 0.4) is 0 Å².